The number of hydrogen-bond donors (Lipinski definition) is 1. The number of aryl methyl sites for hydroxylation is 2. The number of anilines is 1. The molecule has 3 aromatic heterocycles. The average Bonchev–Trinajstić information content (AvgIpc) is 3.08. The Labute approximate surface area is 186 Å². The van der Waals surface area contributed by atoms with E-state index >= 15 is 0 Å². The minimum atomic E-state index is -0.165. The highest BCUT2D eigenvalue weighted by atomic mass is 32.1. The van der Waals surface area contributed by atoms with Gasteiger partial charge in [0.2, 0.25) is 0 Å². The van der Waals surface area contributed by atoms with E-state index in [1.807, 2.05) is 6.92 Å². The molecule has 1 N–H and O–H groups in total. The fourth-order valence-electron chi connectivity index (χ4n) is 4.20. The van der Waals surface area contributed by atoms with Crippen molar-refractivity contribution < 1.29 is 4.74 Å². The Morgan fingerprint density at radius 3 is 2.77 bits per heavy atom. The molecule has 0 fully saturated rings. The van der Waals surface area contributed by atoms with Crippen LogP contribution in [0.1, 0.15) is 49.8 Å². The minimum absolute atomic E-state index is 0.165. The molecular weight excluding hydrogens is 404 g/mol. The van der Waals surface area contributed by atoms with Crippen molar-refractivity contribution in [1.82, 2.24) is 15.0 Å². The zero-order chi connectivity index (χ0) is 21.6. The smallest absolute Gasteiger partial charge is 0.148 e. The molecule has 160 valence electrons. The van der Waals surface area contributed by atoms with Crippen LogP contribution in [0.15, 0.2) is 36.4 Å². The molecule has 0 saturated carbocycles. The summed E-state index contributed by atoms with van der Waals surface area (Å²) in [4.78, 5) is 15.6. The molecule has 4 heterocycles. The molecule has 5 nitrogen and oxygen atoms in total. The molecule has 6 heteroatoms. The largest absolute Gasteiger partial charge is 0.370 e. The quantitative estimate of drug-likeness (QED) is 0.430. The number of pyridine rings is 1. The number of fused-ring (bicyclic) bond motifs is 4. The Balaban J connectivity index is 1.47. The molecule has 1 unspecified atom stereocenters. The summed E-state index contributed by atoms with van der Waals surface area (Å²) >= 11 is 1.69. The van der Waals surface area contributed by atoms with Gasteiger partial charge in [-0.15, -0.1) is 11.3 Å². The molecule has 0 radical (unpaired) electrons. The lowest BCUT2D eigenvalue weighted by molar-refractivity contribution is -0.0411. The standard InChI is InChI=1S/C25H28N4OS/c1-15(10-11-17-8-6-5-7-9-17)26-23-22-21(27-16(2)28-23)19-12-18-14-30-25(3,4)13-20(18)29-24(19)31-22/h5-9,12,15H,10-11,13-14H2,1-4H3,(H,26,27,28). The van der Waals surface area contributed by atoms with Crippen molar-refractivity contribution >= 4 is 37.6 Å². The summed E-state index contributed by atoms with van der Waals surface area (Å²) in [6.45, 7) is 9.03. The van der Waals surface area contributed by atoms with Gasteiger partial charge in [0, 0.05) is 23.4 Å². The van der Waals surface area contributed by atoms with E-state index in [4.69, 9.17) is 19.7 Å². The summed E-state index contributed by atoms with van der Waals surface area (Å²) in [6, 6.07) is 13.2. The number of ether oxygens (including phenoxy) is 1. The molecule has 1 atom stereocenters. The number of aromatic nitrogens is 3. The number of rotatable bonds is 5. The number of benzene rings is 1. The van der Waals surface area contributed by atoms with Gasteiger partial charge in [-0.1, -0.05) is 30.3 Å². The van der Waals surface area contributed by atoms with Crippen molar-refractivity contribution in [3.63, 3.8) is 0 Å². The Bertz CT molecular complexity index is 1250. The number of nitrogens with zero attached hydrogens (tertiary/aromatic N) is 3. The van der Waals surface area contributed by atoms with E-state index in [1.165, 1.54) is 11.1 Å². The monoisotopic (exact) mass is 432 g/mol. The molecule has 1 aliphatic heterocycles. The van der Waals surface area contributed by atoms with Crippen molar-refractivity contribution in [3.05, 3.63) is 59.0 Å². The van der Waals surface area contributed by atoms with Crippen LogP contribution in [0.4, 0.5) is 5.82 Å². The fraction of sp³-hybridized carbons (Fsp3) is 0.400. The molecule has 0 saturated heterocycles. The highest BCUT2D eigenvalue weighted by Gasteiger charge is 2.28. The zero-order valence-electron chi connectivity index (χ0n) is 18.5. The maximum atomic E-state index is 6.01. The Morgan fingerprint density at radius 1 is 1.16 bits per heavy atom. The van der Waals surface area contributed by atoms with Gasteiger partial charge >= 0.3 is 0 Å². The summed E-state index contributed by atoms with van der Waals surface area (Å²) in [5, 5.41) is 4.75. The van der Waals surface area contributed by atoms with Crippen molar-refractivity contribution in [2.24, 2.45) is 0 Å². The number of thiophene rings is 1. The molecule has 0 amide bonds. The predicted octanol–water partition coefficient (Wildman–Crippen LogP) is 5.83. The molecule has 0 spiro atoms. The van der Waals surface area contributed by atoms with Gasteiger partial charge in [0.25, 0.3) is 0 Å². The van der Waals surface area contributed by atoms with Crippen LogP contribution in [0, 0.1) is 6.92 Å². The second-order valence-corrected chi connectivity index (χ2v) is 10.1. The highest BCUT2D eigenvalue weighted by molar-refractivity contribution is 7.25. The molecule has 5 rings (SSSR count). The van der Waals surface area contributed by atoms with E-state index in [0.29, 0.717) is 12.6 Å². The maximum Gasteiger partial charge on any atom is 0.148 e. The van der Waals surface area contributed by atoms with E-state index in [9.17, 15) is 0 Å². The van der Waals surface area contributed by atoms with Crippen molar-refractivity contribution in [2.45, 2.75) is 65.2 Å². The van der Waals surface area contributed by atoms with Crippen LogP contribution in [0.5, 0.6) is 0 Å². The lowest BCUT2D eigenvalue weighted by Crippen LogP contribution is -2.32. The zero-order valence-corrected chi connectivity index (χ0v) is 19.3. The molecule has 31 heavy (non-hydrogen) atoms. The van der Waals surface area contributed by atoms with Crippen LogP contribution in [-0.2, 0) is 24.2 Å². The third kappa shape index (κ3) is 4.14. The average molecular weight is 433 g/mol. The van der Waals surface area contributed by atoms with E-state index in [0.717, 1.165) is 57.0 Å². The van der Waals surface area contributed by atoms with Gasteiger partial charge in [0.05, 0.1) is 28.1 Å². The summed E-state index contributed by atoms with van der Waals surface area (Å²) in [5.41, 5.74) is 4.51. The summed E-state index contributed by atoms with van der Waals surface area (Å²) in [6.07, 6.45) is 2.91. The van der Waals surface area contributed by atoms with Crippen LogP contribution in [-0.4, -0.2) is 26.6 Å². The third-order valence-electron chi connectivity index (χ3n) is 5.89. The lowest BCUT2D eigenvalue weighted by Gasteiger charge is -2.30. The van der Waals surface area contributed by atoms with Gasteiger partial charge in [0.1, 0.15) is 16.5 Å². The van der Waals surface area contributed by atoms with Crippen molar-refractivity contribution in [2.75, 3.05) is 5.32 Å². The van der Waals surface area contributed by atoms with Crippen LogP contribution in [0.25, 0.3) is 20.4 Å². The van der Waals surface area contributed by atoms with Gasteiger partial charge in [0.15, 0.2) is 0 Å². The molecule has 1 aromatic carbocycles. The van der Waals surface area contributed by atoms with Crippen LogP contribution < -0.4 is 5.32 Å². The molecule has 0 bridgehead atoms. The van der Waals surface area contributed by atoms with E-state index in [2.05, 4.69) is 62.5 Å². The van der Waals surface area contributed by atoms with Crippen molar-refractivity contribution in [1.29, 1.82) is 0 Å². The molecular formula is C25H28N4OS. The SMILES string of the molecule is Cc1nc(NC(C)CCc2ccccc2)c2sc3nc4c(cc3c2n1)COC(C)(C)C4. The Hall–Kier alpha value is -2.57. The topological polar surface area (TPSA) is 59.9 Å². The Kier molecular flexibility index (Phi) is 5.15. The van der Waals surface area contributed by atoms with Crippen molar-refractivity contribution in [3.8, 4) is 0 Å². The van der Waals surface area contributed by atoms with Crippen LogP contribution in [0.3, 0.4) is 0 Å². The summed E-state index contributed by atoms with van der Waals surface area (Å²) in [7, 11) is 0. The maximum absolute atomic E-state index is 6.01. The number of hydrogen-bond acceptors (Lipinski definition) is 6. The molecule has 4 aromatic rings. The first-order valence-corrected chi connectivity index (χ1v) is 11.7. The molecule has 1 aliphatic rings. The molecule has 0 aliphatic carbocycles. The first-order chi connectivity index (χ1) is 14.9. The van der Waals surface area contributed by atoms with Crippen LogP contribution >= 0.6 is 11.3 Å². The van der Waals surface area contributed by atoms with E-state index in [1.54, 1.807) is 11.3 Å². The van der Waals surface area contributed by atoms with E-state index < -0.39 is 0 Å². The lowest BCUT2D eigenvalue weighted by atomic mass is 9.95. The van der Waals surface area contributed by atoms with Crippen LogP contribution in [0.2, 0.25) is 0 Å². The van der Waals surface area contributed by atoms with Gasteiger partial charge in [-0.3, -0.25) is 0 Å². The fourth-order valence-corrected chi connectivity index (χ4v) is 5.26. The van der Waals surface area contributed by atoms with Gasteiger partial charge in [-0.2, -0.15) is 0 Å². The minimum Gasteiger partial charge on any atom is -0.370 e. The highest BCUT2D eigenvalue weighted by Crippen LogP contribution is 2.38. The third-order valence-corrected chi connectivity index (χ3v) is 6.99. The summed E-state index contributed by atoms with van der Waals surface area (Å²) in [5.74, 6) is 1.70. The normalized spacial score (nSPS) is 16.4. The number of nitrogens with one attached hydrogen (secondary N) is 1. The first kappa shape index (κ1) is 20.3. The van der Waals surface area contributed by atoms with Gasteiger partial charge in [-0.05, 0) is 52.2 Å². The second-order valence-electron chi connectivity index (χ2n) is 9.14. The van der Waals surface area contributed by atoms with Gasteiger partial charge < -0.3 is 10.1 Å². The Morgan fingerprint density at radius 2 is 1.97 bits per heavy atom. The van der Waals surface area contributed by atoms with E-state index in [-0.39, 0.29) is 5.60 Å². The first-order valence-electron chi connectivity index (χ1n) is 10.9. The summed E-state index contributed by atoms with van der Waals surface area (Å²) < 4.78 is 7.10. The predicted molar refractivity (Wildman–Crippen MR) is 128 cm³/mol. The second kappa shape index (κ2) is 7.84. The van der Waals surface area contributed by atoms with Gasteiger partial charge in [-0.25, -0.2) is 15.0 Å².